The molecule has 3 rings (SSSR count). The number of carbonyl (C=O) groups is 3. The molecule has 0 radical (unpaired) electrons. The standard InChI is InChI=1S/C26H35N3O14/c1-26(2,3)42-25(33)27-19(11-15-7-5-4-6-8-15)24(32)41-20-14-39-21-18(13-38-22(20)21)17(23(30)31)10-9-16(43-29(36)37)12-40-28(34)35/h4-8,16-22H,9-14H2,1-3H3,(H,27,33)(H,30,31)/t16?,17?,18-,19-,20+,21+,22-/m0/s1. The van der Waals surface area contributed by atoms with Gasteiger partial charge in [-0.3, -0.25) is 4.79 Å². The first-order valence-corrected chi connectivity index (χ1v) is 13.5. The van der Waals surface area contributed by atoms with Crippen LogP contribution in [0, 0.1) is 32.1 Å². The number of hydrogen-bond acceptors (Lipinski definition) is 13. The Bertz CT molecular complexity index is 1140. The normalized spacial score (nSPS) is 23.2. The Morgan fingerprint density at radius 1 is 1.05 bits per heavy atom. The number of alkyl carbamates (subject to hydrolysis) is 1. The van der Waals surface area contributed by atoms with Crippen molar-refractivity contribution in [3.8, 4) is 0 Å². The van der Waals surface area contributed by atoms with Crippen LogP contribution in [-0.2, 0) is 44.6 Å². The number of esters is 1. The van der Waals surface area contributed by atoms with E-state index >= 15 is 0 Å². The van der Waals surface area contributed by atoms with Gasteiger partial charge in [0.25, 0.3) is 10.2 Å². The Hall–Kier alpha value is -4.25. The number of carbonyl (C=O) groups excluding carboxylic acids is 2. The topological polar surface area (TPSA) is 225 Å². The summed E-state index contributed by atoms with van der Waals surface area (Å²) in [6, 6.07) is 7.84. The van der Waals surface area contributed by atoms with Crippen LogP contribution in [0.4, 0.5) is 4.79 Å². The van der Waals surface area contributed by atoms with Crippen LogP contribution >= 0.6 is 0 Å². The van der Waals surface area contributed by atoms with Crippen molar-refractivity contribution in [3.05, 3.63) is 56.1 Å². The fourth-order valence-electron chi connectivity index (χ4n) is 4.98. The Morgan fingerprint density at radius 2 is 1.72 bits per heavy atom. The first-order valence-electron chi connectivity index (χ1n) is 13.5. The maximum absolute atomic E-state index is 13.3. The lowest BCUT2D eigenvalue weighted by Gasteiger charge is -2.25. The van der Waals surface area contributed by atoms with Gasteiger partial charge in [0.2, 0.25) is 0 Å². The third-order valence-corrected chi connectivity index (χ3v) is 6.81. The molecule has 0 bridgehead atoms. The van der Waals surface area contributed by atoms with E-state index in [1.807, 2.05) is 6.07 Å². The molecular weight excluding hydrogens is 578 g/mol. The van der Waals surface area contributed by atoms with Gasteiger partial charge in [-0.1, -0.05) is 30.3 Å². The van der Waals surface area contributed by atoms with Crippen molar-refractivity contribution in [2.75, 3.05) is 19.8 Å². The van der Waals surface area contributed by atoms with Crippen LogP contribution in [0.15, 0.2) is 30.3 Å². The van der Waals surface area contributed by atoms with Crippen molar-refractivity contribution in [3.63, 3.8) is 0 Å². The molecule has 2 heterocycles. The second-order valence-electron chi connectivity index (χ2n) is 11.1. The molecule has 2 saturated heterocycles. The van der Waals surface area contributed by atoms with E-state index in [0.717, 1.165) is 5.56 Å². The lowest BCUT2D eigenvalue weighted by Crippen LogP contribution is -2.47. The van der Waals surface area contributed by atoms with Crippen LogP contribution in [0.2, 0.25) is 0 Å². The smallest absolute Gasteiger partial charge is 0.408 e. The molecule has 0 aliphatic carbocycles. The number of carboxylic acid groups (broad SMARTS) is 1. The maximum atomic E-state index is 13.3. The lowest BCUT2D eigenvalue weighted by molar-refractivity contribution is -0.790. The molecule has 2 N–H and O–H groups in total. The zero-order valence-corrected chi connectivity index (χ0v) is 23.8. The summed E-state index contributed by atoms with van der Waals surface area (Å²) in [6.45, 7) is 4.11. The van der Waals surface area contributed by atoms with Crippen molar-refractivity contribution in [1.82, 2.24) is 5.32 Å². The largest absolute Gasteiger partial charge is 0.481 e. The fraction of sp³-hybridized carbons (Fsp3) is 0.654. The molecule has 2 fully saturated rings. The number of aliphatic carboxylic acids is 1. The number of carboxylic acids is 1. The Kier molecular flexibility index (Phi) is 11.4. The van der Waals surface area contributed by atoms with Gasteiger partial charge in [0.15, 0.2) is 6.10 Å². The molecule has 17 nitrogen and oxygen atoms in total. The van der Waals surface area contributed by atoms with E-state index in [1.165, 1.54) is 0 Å². The molecule has 0 aromatic heterocycles. The third-order valence-electron chi connectivity index (χ3n) is 6.81. The van der Waals surface area contributed by atoms with Crippen molar-refractivity contribution in [2.45, 2.75) is 76.1 Å². The molecular formula is C26H35N3O14. The van der Waals surface area contributed by atoms with Crippen LogP contribution in [0.1, 0.15) is 39.2 Å². The van der Waals surface area contributed by atoms with Gasteiger partial charge in [0.1, 0.15) is 30.5 Å². The van der Waals surface area contributed by atoms with Gasteiger partial charge in [-0.05, 0) is 39.2 Å². The average Bonchev–Trinajstić information content (AvgIpc) is 3.49. The zero-order chi connectivity index (χ0) is 31.7. The Morgan fingerprint density at radius 3 is 2.33 bits per heavy atom. The highest BCUT2D eigenvalue weighted by atomic mass is 17.0. The average molecular weight is 614 g/mol. The van der Waals surface area contributed by atoms with Crippen LogP contribution in [0.3, 0.4) is 0 Å². The number of amides is 1. The van der Waals surface area contributed by atoms with E-state index in [-0.39, 0.29) is 32.5 Å². The molecule has 1 aromatic rings. The van der Waals surface area contributed by atoms with E-state index < -0.39 is 82.7 Å². The second kappa shape index (κ2) is 14.8. The molecule has 0 saturated carbocycles. The summed E-state index contributed by atoms with van der Waals surface area (Å²) in [5.74, 6) is -3.86. The third kappa shape index (κ3) is 10.2. The van der Waals surface area contributed by atoms with Crippen molar-refractivity contribution in [2.24, 2.45) is 11.8 Å². The van der Waals surface area contributed by atoms with Gasteiger partial charge >= 0.3 is 18.0 Å². The SMILES string of the molecule is CC(C)(C)OC(=O)N[C@@H](Cc1ccccc1)C(=O)O[C@@H]1CO[C@H]2[C@H]1OC[C@H]2C(CCC(CO[N+](=O)[O-])O[N+](=O)[O-])C(=O)O. The molecule has 1 amide bonds. The maximum Gasteiger partial charge on any atom is 0.408 e. The van der Waals surface area contributed by atoms with Crippen LogP contribution in [0.5, 0.6) is 0 Å². The van der Waals surface area contributed by atoms with Gasteiger partial charge in [-0.2, -0.15) is 0 Å². The summed E-state index contributed by atoms with van der Waals surface area (Å²) >= 11 is 0. The van der Waals surface area contributed by atoms with Crippen LogP contribution in [0.25, 0.3) is 0 Å². The number of nitrogens with one attached hydrogen (secondary N) is 1. The molecule has 1 aromatic carbocycles. The van der Waals surface area contributed by atoms with E-state index in [1.54, 1.807) is 45.0 Å². The molecule has 17 heteroatoms. The number of hydrogen-bond donors (Lipinski definition) is 2. The molecule has 0 spiro atoms. The number of fused-ring (bicyclic) bond motifs is 1. The predicted molar refractivity (Wildman–Crippen MR) is 141 cm³/mol. The highest BCUT2D eigenvalue weighted by Crippen LogP contribution is 2.38. The first kappa shape index (κ1) is 33.3. The number of benzene rings is 1. The minimum Gasteiger partial charge on any atom is -0.481 e. The van der Waals surface area contributed by atoms with Crippen LogP contribution in [-0.4, -0.2) is 89.2 Å². The van der Waals surface area contributed by atoms with E-state index in [9.17, 15) is 39.7 Å². The molecule has 43 heavy (non-hydrogen) atoms. The Balaban J connectivity index is 1.65. The van der Waals surface area contributed by atoms with E-state index in [0.29, 0.717) is 0 Å². The van der Waals surface area contributed by atoms with Crippen molar-refractivity contribution in [1.29, 1.82) is 0 Å². The summed E-state index contributed by atoms with van der Waals surface area (Å²) in [5, 5.41) is 31.4. The minimum absolute atomic E-state index is 0.0733. The van der Waals surface area contributed by atoms with E-state index in [4.69, 9.17) is 18.9 Å². The summed E-state index contributed by atoms with van der Waals surface area (Å²) < 4.78 is 22.6. The van der Waals surface area contributed by atoms with Gasteiger partial charge < -0.3 is 39.0 Å². The molecule has 7 atom stereocenters. The minimum atomic E-state index is -1.38. The monoisotopic (exact) mass is 613 g/mol. The molecule has 238 valence electrons. The second-order valence-corrected chi connectivity index (χ2v) is 11.1. The fourth-order valence-corrected chi connectivity index (χ4v) is 4.98. The van der Waals surface area contributed by atoms with E-state index in [2.05, 4.69) is 15.0 Å². The highest BCUT2D eigenvalue weighted by Gasteiger charge is 2.53. The first-order chi connectivity index (χ1) is 20.2. The number of nitrogens with zero attached hydrogens (tertiary/aromatic N) is 2. The lowest BCUT2D eigenvalue weighted by atomic mass is 9.84. The highest BCUT2D eigenvalue weighted by molar-refractivity contribution is 5.82. The summed E-state index contributed by atoms with van der Waals surface area (Å²) in [6.07, 6.45) is -4.98. The molecule has 2 aliphatic rings. The summed E-state index contributed by atoms with van der Waals surface area (Å²) in [5.41, 5.74) is -0.0503. The van der Waals surface area contributed by atoms with Gasteiger partial charge in [-0.25, -0.2) is 9.59 Å². The molecule has 2 aliphatic heterocycles. The summed E-state index contributed by atoms with van der Waals surface area (Å²) in [4.78, 5) is 67.7. The van der Waals surface area contributed by atoms with Crippen molar-refractivity contribution < 1.29 is 58.3 Å². The van der Waals surface area contributed by atoms with Gasteiger partial charge in [0, 0.05) is 12.3 Å². The predicted octanol–water partition coefficient (Wildman–Crippen LogP) is 1.71. The van der Waals surface area contributed by atoms with Gasteiger partial charge in [0.05, 0.1) is 25.2 Å². The zero-order valence-electron chi connectivity index (χ0n) is 23.8. The Labute approximate surface area is 245 Å². The quantitative estimate of drug-likeness (QED) is 0.163. The number of ether oxygens (including phenoxy) is 4. The number of rotatable bonds is 15. The summed E-state index contributed by atoms with van der Waals surface area (Å²) in [7, 11) is 0. The van der Waals surface area contributed by atoms with Crippen LogP contribution < -0.4 is 5.32 Å². The van der Waals surface area contributed by atoms with Gasteiger partial charge in [-0.15, -0.1) is 20.2 Å². The molecule has 2 unspecified atom stereocenters. The van der Waals surface area contributed by atoms with Crippen molar-refractivity contribution >= 4 is 18.0 Å².